The fourth-order valence-electron chi connectivity index (χ4n) is 0.856. The highest BCUT2D eigenvalue weighted by Crippen LogP contribution is 2.11. The van der Waals surface area contributed by atoms with Crippen molar-refractivity contribution in [3.63, 3.8) is 0 Å². The number of rotatable bonds is 5. The molecule has 0 spiro atoms. The van der Waals surface area contributed by atoms with E-state index in [-0.39, 0.29) is 11.8 Å². The number of hydrogen-bond donors (Lipinski definition) is 0. The maximum absolute atomic E-state index is 10.8. The third-order valence-electron chi connectivity index (χ3n) is 1.43. The van der Waals surface area contributed by atoms with Gasteiger partial charge in [-0.25, -0.2) is 5.01 Å². The highest BCUT2D eigenvalue weighted by molar-refractivity contribution is 6.26. The molecule has 0 saturated carbocycles. The van der Waals surface area contributed by atoms with Crippen LogP contribution in [0.1, 0.15) is 13.8 Å². The first-order valence-corrected chi connectivity index (χ1v) is 4.38. The van der Waals surface area contributed by atoms with Gasteiger partial charge < -0.3 is 4.74 Å². The molecule has 13 heavy (non-hydrogen) atoms. The number of ether oxygens (including phenoxy) is 1. The molecule has 0 amide bonds. The second-order valence-electron chi connectivity index (χ2n) is 2.91. The average molecular weight is 209 g/mol. The predicted molar refractivity (Wildman–Crippen MR) is 49.0 cm³/mol. The molecular formula is C7H13ClN2O3. The molecule has 76 valence electrons. The molecule has 0 aromatic carbocycles. The first-order chi connectivity index (χ1) is 6.02. The molecule has 0 aliphatic carbocycles. The van der Waals surface area contributed by atoms with E-state index < -0.39 is 12.2 Å². The van der Waals surface area contributed by atoms with Crippen molar-refractivity contribution in [3.05, 3.63) is 4.91 Å². The van der Waals surface area contributed by atoms with Crippen molar-refractivity contribution < 1.29 is 9.53 Å². The smallest absolute Gasteiger partial charge is 0.322 e. The SMILES string of the molecule is CC(C)C(OC(=O)CCl)N(C)N=O. The lowest BCUT2D eigenvalue weighted by Crippen LogP contribution is -2.36. The summed E-state index contributed by atoms with van der Waals surface area (Å²) in [4.78, 5) is 21.0. The van der Waals surface area contributed by atoms with Crippen LogP contribution in [0.15, 0.2) is 5.29 Å². The molecule has 0 aliphatic rings. The first-order valence-electron chi connectivity index (χ1n) is 3.84. The molecular weight excluding hydrogens is 196 g/mol. The number of nitroso groups, excluding NO2 is 1. The second kappa shape index (κ2) is 5.75. The Kier molecular flexibility index (Phi) is 5.37. The van der Waals surface area contributed by atoms with E-state index in [0.717, 1.165) is 5.01 Å². The molecule has 6 heteroatoms. The Hall–Kier alpha value is -0.840. The lowest BCUT2D eigenvalue weighted by atomic mass is 10.2. The van der Waals surface area contributed by atoms with Gasteiger partial charge in [-0.1, -0.05) is 13.8 Å². The topological polar surface area (TPSA) is 59.0 Å². The molecule has 0 N–H and O–H groups in total. The van der Waals surface area contributed by atoms with Gasteiger partial charge in [0.2, 0.25) is 0 Å². The van der Waals surface area contributed by atoms with Crippen LogP contribution in [0.4, 0.5) is 0 Å². The number of carbonyl (C=O) groups is 1. The van der Waals surface area contributed by atoms with Crippen molar-refractivity contribution >= 4 is 17.6 Å². The summed E-state index contributed by atoms with van der Waals surface area (Å²) >= 11 is 5.25. The van der Waals surface area contributed by atoms with Gasteiger partial charge in [0.05, 0.1) is 5.29 Å². The van der Waals surface area contributed by atoms with Crippen molar-refractivity contribution in [2.24, 2.45) is 11.2 Å². The zero-order valence-corrected chi connectivity index (χ0v) is 8.61. The van der Waals surface area contributed by atoms with Crippen LogP contribution in [-0.2, 0) is 9.53 Å². The Bertz CT molecular complexity index is 187. The Labute approximate surface area is 81.9 Å². The number of hydrogen-bond acceptors (Lipinski definition) is 4. The van der Waals surface area contributed by atoms with E-state index in [1.165, 1.54) is 7.05 Å². The summed E-state index contributed by atoms with van der Waals surface area (Å²) in [6.07, 6.45) is -0.649. The van der Waals surface area contributed by atoms with Gasteiger partial charge in [0.1, 0.15) is 5.88 Å². The van der Waals surface area contributed by atoms with Crippen LogP contribution in [0.3, 0.4) is 0 Å². The van der Waals surface area contributed by atoms with E-state index >= 15 is 0 Å². The lowest BCUT2D eigenvalue weighted by Gasteiger charge is -2.25. The number of carbonyl (C=O) groups excluding carboxylic acids is 1. The van der Waals surface area contributed by atoms with Crippen molar-refractivity contribution in [3.8, 4) is 0 Å². The minimum atomic E-state index is -0.649. The Morgan fingerprint density at radius 3 is 2.46 bits per heavy atom. The van der Waals surface area contributed by atoms with Gasteiger partial charge in [0, 0.05) is 13.0 Å². The minimum absolute atomic E-state index is 0.0186. The zero-order valence-electron chi connectivity index (χ0n) is 7.86. The van der Waals surface area contributed by atoms with E-state index in [0.29, 0.717) is 0 Å². The van der Waals surface area contributed by atoms with Crippen LogP contribution in [0.5, 0.6) is 0 Å². The number of halogens is 1. The summed E-state index contributed by atoms with van der Waals surface area (Å²) in [5, 5.41) is 3.71. The third-order valence-corrected chi connectivity index (χ3v) is 1.65. The molecule has 0 saturated heterocycles. The summed E-state index contributed by atoms with van der Waals surface area (Å²) in [7, 11) is 1.44. The molecule has 0 fully saturated rings. The maximum atomic E-state index is 10.8. The molecule has 0 aromatic heterocycles. The molecule has 1 unspecified atom stereocenters. The van der Waals surface area contributed by atoms with Crippen molar-refractivity contribution in [2.45, 2.75) is 20.1 Å². The molecule has 0 rings (SSSR count). The maximum Gasteiger partial charge on any atom is 0.322 e. The summed E-state index contributed by atoms with van der Waals surface area (Å²) < 4.78 is 4.88. The zero-order chi connectivity index (χ0) is 10.4. The fraction of sp³-hybridized carbons (Fsp3) is 0.857. The Morgan fingerprint density at radius 1 is 1.62 bits per heavy atom. The van der Waals surface area contributed by atoms with Crippen molar-refractivity contribution in [1.29, 1.82) is 0 Å². The number of alkyl halides is 1. The molecule has 0 heterocycles. The van der Waals surface area contributed by atoms with Crippen LogP contribution in [0.25, 0.3) is 0 Å². The summed E-state index contributed by atoms with van der Waals surface area (Å²) in [5.74, 6) is -0.804. The molecule has 0 radical (unpaired) electrons. The van der Waals surface area contributed by atoms with Crippen LogP contribution >= 0.6 is 11.6 Å². The summed E-state index contributed by atoms with van der Waals surface area (Å²) in [6, 6.07) is 0. The van der Waals surface area contributed by atoms with Crippen LogP contribution in [-0.4, -0.2) is 30.1 Å². The van der Waals surface area contributed by atoms with E-state index in [1.54, 1.807) is 0 Å². The molecule has 1 atom stereocenters. The van der Waals surface area contributed by atoms with Gasteiger partial charge in [0.25, 0.3) is 0 Å². The van der Waals surface area contributed by atoms with Crippen LogP contribution in [0, 0.1) is 10.8 Å². The third kappa shape index (κ3) is 4.07. The van der Waals surface area contributed by atoms with Gasteiger partial charge >= 0.3 is 5.97 Å². The summed E-state index contributed by atoms with van der Waals surface area (Å²) in [6.45, 7) is 3.63. The molecule has 0 bridgehead atoms. The van der Waals surface area contributed by atoms with E-state index in [2.05, 4.69) is 5.29 Å². The van der Waals surface area contributed by atoms with Gasteiger partial charge in [0.15, 0.2) is 6.23 Å². The van der Waals surface area contributed by atoms with E-state index in [1.807, 2.05) is 13.8 Å². The van der Waals surface area contributed by atoms with Gasteiger partial charge in [-0.15, -0.1) is 16.5 Å². The Morgan fingerprint density at radius 2 is 2.15 bits per heavy atom. The van der Waals surface area contributed by atoms with E-state index in [9.17, 15) is 9.70 Å². The largest absolute Gasteiger partial charge is 0.439 e. The van der Waals surface area contributed by atoms with Gasteiger partial charge in [-0.3, -0.25) is 4.79 Å². The standard InChI is InChI=1S/C7H13ClN2O3/c1-5(2)7(10(3)9-12)13-6(11)4-8/h5,7H,4H2,1-3H3. The molecule has 0 aromatic rings. The van der Waals surface area contributed by atoms with Crippen molar-refractivity contribution in [2.75, 3.05) is 12.9 Å². The Balaban J connectivity index is 4.25. The summed E-state index contributed by atoms with van der Waals surface area (Å²) in [5.41, 5.74) is 0. The number of nitrogens with zero attached hydrogens (tertiary/aromatic N) is 2. The molecule has 5 nitrogen and oxygen atoms in total. The van der Waals surface area contributed by atoms with E-state index in [4.69, 9.17) is 16.3 Å². The lowest BCUT2D eigenvalue weighted by molar-refractivity contribution is -0.159. The first kappa shape index (κ1) is 12.2. The second-order valence-corrected chi connectivity index (χ2v) is 3.18. The van der Waals surface area contributed by atoms with Gasteiger partial charge in [-0.2, -0.15) is 0 Å². The fourth-order valence-corrected chi connectivity index (χ4v) is 0.919. The van der Waals surface area contributed by atoms with Crippen LogP contribution < -0.4 is 0 Å². The normalized spacial score (nSPS) is 12.4. The number of esters is 1. The quantitative estimate of drug-likeness (QED) is 0.225. The highest BCUT2D eigenvalue weighted by atomic mass is 35.5. The van der Waals surface area contributed by atoms with Gasteiger partial charge in [-0.05, 0) is 0 Å². The highest BCUT2D eigenvalue weighted by Gasteiger charge is 2.22. The van der Waals surface area contributed by atoms with Crippen LogP contribution in [0.2, 0.25) is 0 Å². The van der Waals surface area contributed by atoms with Crippen molar-refractivity contribution in [1.82, 2.24) is 5.01 Å². The molecule has 0 aliphatic heterocycles. The monoisotopic (exact) mass is 208 g/mol. The predicted octanol–water partition coefficient (Wildman–Crippen LogP) is 1.36. The average Bonchev–Trinajstić information content (AvgIpc) is 2.11. The minimum Gasteiger partial charge on any atom is -0.439 e.